The van der Waals surface area contributed by atoms with Gasteiger partial charge in [-0.05, 0) is 52.9 Å². The van der Waals surface area contributed by atoms with Crippen LogP contribution in [-0.2, 0) is 12.8 Å². The Bertz CT molecular complexity index is 1220. The zero-order chi connectivity index (χ0) is 18.4. The van der Waals surface area contributed by atoms with E-state index in [0.717, 1.165) is 39.5 Å². The molecule has 0 amide bonds. The molecule has 4 aromatic carbocycles. The van der Waals surface area contributed by atoms with Gasteiger partial charge in [-0.1, -0.05) is 64.5 Å². The smallest absolute Gasteiger partial charge is 0.198 e. The Morgan fingerprint density at radius 1 is 0.815 bits per heavy atom. The van der Waals surface area contributed by atoms with Crippen LogP contribution in [0, 0.1) is 0 Å². The van der Waals surface area contributed by atoms with Crippen molar-refractivity contribution in [1.29, 1.82) is 0 Å². The molecular formula is C23H18BrN3. The van der Waals surface area contributed by atoms with E-state index < -0.39 is 0 Å². The first-order valence-electron chi connectivity index (χ1n) is 9.02. The summed E-state index contributed by atoms with van der Waals surface area (Å²) in [5, 5.41) is 8.04. The highest BCUT2D eigenvalue weighted by Crippen LogP contribution is 2.36. The highest BCUT2D eigenvalue weighted by atomic mass is 79.9. The van der Waals surface area contributed by atoms with E-state index in [-0.39, 0.29) is 0 Å². The molecule has 0 aromatic heterocycles. The second kappa shape index (κ2) is 6.39. The Balaban J connectivity index is 1.56. The number of aryl methyl sites for hydroxylation is 2. The zero-order valence-corrected chi connectivity index (χ0v) is 16.3. The van der Waals surface area contributed by atoms with Crippen molar-refractivity contribution in [1.82, 2.24) is 0 Å². The predicted octanol–water partition coefficient (Wildman–Crippen LogP) is 5.91. The number of benzene rings is 4. The molecule has 1 aliphatic carbocycles. The summed E-state index contributed by atoms with van der Waals surface area (Å²) in [6.07, 6.45) is 2.22. The molecule has 132 valence electrons. The normalized spacial score (nSPS) is 13.4. The topological polar surface area (TPSA) is 50.4 Å². The molecule has 5 rings (SSSR count). The number of nitrogens with two attached hydrogens (primary N) is 1. The van der Waals surface area contributed by atoms with E-state index in [2.05, 4.69) is 63.7 Å². The summed E-state index contributed by atoms with van der Waals surface area (Å²) in [6, 6.07) is 23.0. The fourth-order valence-electron chi connectivity index (χ4n) is 4.00. The van der Waals surface area contributed by atoms with Gasteiger partial charge < -0.3 is 11.1 Å². The SMILES string of the molecule is NC(=Nc1ccc2c3c(cccc13)CC2)Nc1ccc(Br)c2ccccc12. The van der Waals surface area contributed by atoms with Crippen molar-refractivity contribution in [2.24, 2.45) is 10.7 Å². The van der Waals surface area contributed by atoms with E-state index in [4.69, 9.17) is 10.7 Å². The summed E-state index contributed by atoms with van der Waals surface area (Å²) in [7, 11) is 0. The first-order valence-corrected chi connectivity index (χ1v) is 9.82. The number of fused-ring (bicyclic) bond motifs is 1. The number of halogens is 1. The van der Waals surface area contributed by atoms with Gasteiger partial charge in [0, 0.05) is 20.9 Å². The fraction of sp³-hybridized carbons (Fsp3) is 0.0870. The summed E-state index contributed by atoms with van der Waals surface area (Å²) in [5.74, 6) is 0.390. The minimum Gasteiger partial charge on any atom is -0.369 e. The average Bonchev–Trinajstić information content (AvgIpc) is 3.11. The van der Waals surface area contributed by atoms with Gasteiger partial charge in [-0.25, -0.2) is 4.99 Å². The van der Waals surface area contributed by atoms with Crippen molar-refractivity contribution in [2.45, 2.75) is 12.8 Å². The van der Waals surface area contributed by atoms with Gasteiger partial charge in [-0.3, -0.25) is 0 Å². The minimum absolute atomic E-state index is 0.390. The molecule has 4 aromatic rings. The van der Waals surface area contributed by atoms with E-state index in [0.29, 0.717) is 5.96 Å². The highest BCUT2D eigenvalue weighted by Gasteiger charge is 2.15. The van der Waals surface area contributed by atoms with Crippen LogP contribution in [0.15, 0.2) is 76.2 Å². The van der Waals surface area contributed by atoms with Crippen LogP contribution in [0.2, 0.25) is 0 Å². The number of anilines is 1. The number of hydrogen-bond donors (Lipinski definition) is 2. The Morgan fingerprint density at radius 2 is 1.56 bits per heavy atom. The molecule has 27 heavy (non-hydrogen) atoms. The Hall–Kier alpha value is -2.85. The second-order valence-corrected chi connectivity index (χ2v) is 7.70. The summed E-state index contributed by atoms with van der Waals surface area (Å²) in [5.41, 5.74) is 10.9. The van der Waals surface area contributed by atoms with Gasteiger partial charge in [0.05, 0.1) is 5.69 Å². The maximum absolute atomic E-state index is 6.28. The van der Waals surface area contributed by atoms with Crippen LogP contribution >= 0.6 is 15.9 Å². The molecule has 0 unspecified atom stereocenters. The predicted molar refractivity (Wildman–Crippen MR) is 118 cm³/mol. The number of nitrogens with one attached hydrogen (secondary N) is 1. The van der Waals surface area contributed by atoms with Gasteiger partial charge in [-0.15, -0.1) is 0 Å². The molecule has 0 saturated carbocycles. The lowest BCUT2D eigenvalue weighted by Crippen LogP contribution is -2.22. The Morgan fingerprint density at radius 3 is 2.41 bits per heavy atom. The third-order valence-corrected chi connectivity index (χ3v) is 5.92. The molecular weight excluding hydrogens is 398 g/mol. The quantitative estimate of drug-likeness (QED) is 0.315. The molecule has 1 aliphatic rings. The zero-order valence-electron chi connectivity index (χ0n) is 14.7. The largest absolute Gasteiger partial charge is 0.369 e. The van der Waals surface area contributed by atoms with Crippen LogP contribution < -0.4 is 11.1 Å². The number of guanidine groups is 1. The molecule has 0 radical (unpaired) electrons. The summed E-state index contributed by atoms with van der Waals surface area (Å²) >= 11 is 3.61. The third kappa shape index (κ3) is 2.77. The lowest BCUT2D eigenvalue weighted by molar-refractivity contribution is 1.02. The van der Waals surface area contributed by atoms with Gasteiger partial charge in [0.1, 0.15) is 0 Å². The lowest BCUT2D eigenvalue weighted by atomic mass is 10.0. The molecule has 3 N–H and O–H groups in total. The molecule has 0 fully saturated rings. The summed E-state index contributed by atoms with van der Waals surface area (Å²) in [6.45, 7) is 0. The van der Waals surface area contributed by atoms with Crippen LogP contribution in [0.25, 0.3) is 21.5 Å². The number of rotatable bonds is 2. The van der Waals surface area contributed by atoms with Gasteiger partial charge in [0.15, 0.2) is 5.96 Å². The fourth-order valence-corrected chi connectivity index (χ4v) is 4.47. The molecule has 0 heterocycles. The summed E-state index contributed by atoms with van der Waals surface area (Å²) in [4.78, 5) is 4.69. The first-order chi connectivity index (χ1) is 13.2. The molecule has 0 atom stereocenters. The van der Waals surface area contributed by atoms with Crippen LogP contribution in [0.3, 0.4) is 0 Å². The van der Waals surface area contributed by atoms with Crippen molar-refractivity contribution >= 4 is 54.8 Å². The summed E-state index contributed by atoms with van der Waals surface area (Å²) < 4.78 is 1.06. The van der Waals surface area contributed by atoms with Crippen LogP contribution in [0.5, 0.6) is 0 Å². The number of aliphatic imine (C=N–C) groups is 1. The number of hydrogen-bond acceptors (Lipinski definition) is 1. The maximum atomic E-state index is 6.28. The van der Waals surface area contributed by atoms with E-state index in [1.54, 1.807) is 0 Å². The maximum Gasteiger partial charge on any atom is 0.198 e. The minimum atomic E-state index is 0.390. The average molecular weight is 416 g/mol. The highest BCUT2D eigenvalue weighted by molar-refractivity contribution is 9.10. The Kier molecular flexibility index (Phi) is 3.87. The van der Waals surface area contributed by atoms with Gasteiger partial charge in [0.2, 0.25) is 0 Å². The van der Waals surface area contributed by atoms with Gasteiger partial charge in [-0.2, -0.15) is 0 Å². The van der Waals surface area contributed by atoms with Crippen molar-refractivity contribution < 1.29 is 0 Å². The number of nitrogens with zero attached hydrogens (tertiary/aromatic N) is 1. The lowest BCUT2D eigenvalue weighted by Gasteiger charge is -2.11. The van der Waals surface area contributed by atoms with E-state index in [1.165, 1.54) is 21.9 Å². The van der Waals surface area contributed by atoms with E-state index >= 15 is 0 Å². The van der Waals surface area contributed by atoms with Gasteiger partial charge >= 0.3 is 0 Å². The Labute approximate surface area is 166 Å². The van der Waals surface area contributed by atoms with Crippen LogP contribution in [-0.4, -0.2) is 5.96 Å². The van der Waals surface area contributed by atoms with Gasteiger partial charge in [0.25, 0.3) is 0 Å². The van der Waals surface area contributed by atoms with Crippen LogP contribution in [0.4, 0.5) is 11.4 Å². The molecule has 4 heteroatoms. The first kappa shape index (κ1) is 16.3. The monoisotopic (exact) mass is 415 g/mol. The van der Waals surface area contributed by atoms with Crippen LogP contribution in [0.1, 0.15) is 11.1 Å². The third-order valence-electron chi connectivity index (χ3n) is 5.23. The van der Waals surface area contributed by atoms with Crippen molar-refractivity contribution in [3.05, 3.63) is 82.3 Å². The van der Waals surface area contributed by atoms with Crippen molar-refractivity contribution in [3.8, 4) is 0 Å². The molecule has 0 bridgehead atoms. The molecule has 0 saturated heterocycles. The molecule has 3 nitrogen and oxygen atoms in total. The van der Waals surface area contributed by atoms with Crippen molar-refractivity contribution in [3.63, 3.8) is 0 Å². The standard InChI is InChI=1S/C23H18BrN3/c24-19-11-13-20(17-6-2-1-5-16(17)19)26-23(25)27-21-12-10-15-9-8-14-4-3-7-18(21)22(14)15/h1-7,10-13H,8-9H2,(H3,25,26,27). The van der Waals surface area contributed by atoms with E-state index in [9.17, 15) is 0 Å². The second-order valence-electron chi connectivity index (χ2n) is 6.85. The van der Waals surface area contributed by atoms with Crippen molar-refractivity contribution in [2.75, 3.05) is 5.32 Å². The van der Waals surface area contributed by atoms with E-state index in [1.807, 2.05) is 24.3 Å². The molecule has 0 aliphatic heterocycles. The molecule has 0 spiro atoms.